The Kier molecular flexibility index (Phi) is 6.68. The highest BCUT2D eigenvalue weighted by Gasteiger charge is 2.08. The Morgan fingerprint density at radius 2 is 1.91 bits per heavy atom. The molecule has 0 N–H and O–H groups in total. The third kappa shape index (κ3) is 5.66. The van der Waals surface area contributed by atoms with E-state index in [9.17, 15) is 0 Å². The van der Waals surface area contributed by atoms with E-state index in [0.717, 1.165) is 23.0 Å². The summed E-state index contributed by atoms with van der Waals surface area (Å²) in [6, 6.07) is 11.9. The lowest BCUT2D eigenvalue weighted by molar-refractivity contribution is 0.241. The van der Waals surface area contributed by atoms with Gasteiger partial charge in [-0.2, -0.15) is 0 Å². The summed E-state index contributed by atoms with van der Waals surface area (Å²) in [4.78, 5) is 6.43. The first-order valence-electron chi connectivity index (χ1n) is 7.25. The molecule has 118 valence electrons. The second kappa shape index (κ2) is 8.76. The van der Waals surface area contributed by atoms with E-state index in [1.54, 1.807) is 6.20 Å². The van der Waals surface area contributed by atoms with E-state index in [1.807, 2.05) is 50.5 Å². The van der Waals surface area contributed by atoms with Gasteiger partial charge in [0.25, 0.3) is 5.88 Å². The van der Waals surface area contributed by atoms with Crippen molar-refractivity contribution in [2.24, 2.45) is 0 Å². The fraction of sp³-hybridized carbons (Fsp3) is 0.353. The largest absolute Gasteiger partial charge is 0.483 e. The molecule has 0 aliphatic carbocycles. The van der Waals surface area contributed by atoms with E-state index in [4.69, 9.17) is 9.47 Å². The molecule has 22 heavy (non-hydrogen) atoms. The molecule has 1 heterocycles. The number of benzene rings is 1. The van der Waals surface area contributed by atoms with Crippen LogP contribution in [0.15, 0.2) is 47.1 Å². The van der Waals surface area contributed by atoms with Gasteiger partial charge in [0.15, 0.2) is 5.75 Å². The summed E-state index contributed by atoms with van der Waals surface area (Å²) in [6.45, 7) is 2.10. The van der Waals surface area contributed by atoms with Crippen LogP contribution in [0.3, 0.4) is 0 Å². The van der Waals surface area contributed by atoms with Gasteiger partial charge in [0.2, 0.25) is 0 Å². The van der Waals surface area contributed by atoms with Crippen LogP contribution in [0.5, 0.6) is 11.6 Å². The molecule has 5 heteroatoms. The minimum absolute atomic E-state index is 0.493. The van der Waals surface area contributed by atoms with Crippen LogP contribution in [0.25, 0.3) is 0 Å². The van der Waals surface area contributed by atoms with Gasteiger partial charge in [0.05, 0.1) is 6.61 Å². The standard InChI is InChI=1S/C17H21BrN2O2/c1-20(2)9-6-10-21-17-16(11-15(18)12-19-17)22-13-14-7-4-3-5-8-14/h3-5,7-8,11-12H,6,9-10,13H2,1-2H3. The van der Waals surface area contributed by atoms with Gasteiger partial charge in [-0.15, -0.1) is 0 Å². The molecule has 0 unspecified atom stereocenters. The Morgan fingerprint density at radius 1 is 1.14 bits per heavy atom. The number of hydrogen-bond donors (Lipinski definition) is 0. The average Bonchev–Trinajstić information content (AvgIpc) is 2.52. The number of rotatable bonds is 8. The Bertz CT molecular complexity index is 576. The van der Waals surface area contributed by atoms with E-state index in [1.165, 1.54) is 0 Å². The molecule has 0 aliphatic rings. The SMILES string of the molecule is CN(C)CCCOc1ncc(Br)cc1OCc1ccccc1. The first kappa shape index (κ1) is 16.8. The van der Waals surface area contributed by atoms with Crippen LogP contribution in [-0.4, -0.2) is 37.1 Å². The number of aromatic nitrogens is 1. The number of hydrogen-bond acceptors (Lipinski definition) is 4. The van der Waals surface area contributed by atoms with Gasteiger partial charge in [-0.1, -0.05) is 30.3 Å². The second-order valence-corrected chi connectivity index (χ2v) is 6.15. The summed E-state index contributed by atoms with van der Waals surface area (Å²) in [7, 11) is 4.10. The summed E-state index contributed by atoms with van der Waals surface area (Å²) in [5.41, 5.74) is 1.11. The number of ether oxygens (including phenoxy) is 2. The van der Waals surface area contributed by atoms with E-state index in [0.29, 0.717) is 24.8 Å². The van der Waals surface area contributed by atoms with Crippen LogP contribution < -0.4 is 9.47 Å². The van der Waals surface area contributed by atoms with Crippen molar-refractivity contribution in [3.63, 3.8) is 0 Å². The van der Waals surface area contributed by atoms with Gasteiger partial charge < -0.3 is 14.4 Å². The molecule has 0 aliphatic heterocycles. The average molecular weight is 365 g/mol. The van der Waals surface area contributed by atoms with Crippen LogP contribution in [0, 0.1) is 0 Å². The lowest BCUT2D eigenvalue weighted by Crippen LogP contribution is -2.15. The zero-order valence-corrected chi connectivity index (χ0v) is 14.5. The van der Waals surface area contributed by atoms with Crippen molar-refractivity contribution in [2.45, 2.75) is 13.0 Å². The minimum Gasteiger partial charge on any atom is -0.483 e. The maximum absolute atomic E-state index is 5.85. The van der Waals surface area contributed by atoms with Crippen molar-refractivity contribution in [3.05, 3.63) is 52.6 Å². The van der Waals surface area contributed by atoms with Gasteiger partial charge in [-0.05, 0) is 42.0 Å². The molecule has 1 aromatic heterocycles. The molecule has 0 atom stereocenters. The fourth-order valence-corrected chi connectivity index (χ4v) is 2.22. The Hall–Kier alpha value is -1.59. The quantitative estimate of drug-likeness (QED) is 0.668. The molecule has 0 spiro atoms. The summed E-state index contributed by atoms with van der Waals surface area (Å²) in [5, 5.41) is 0. The molecule has 4 nitrogen and oxygen atoms in total. The summed E-state index contributed by atoms with van der Waals surface area (Å²) in [6.07, 6.45) is 2.67. The summed E-state index contributed by atoms with van der Waals surface area (Å²) in [5.74, 6) is 1.20. The zero-order valence-electron chi connectivity index (χ0n) is 13.0. The smallest absolute Gasteiger partial charge is 0.257 e. The molecule has 0 saturated heterocycles. The maximum atomic E-state index is 5.85. The summed E-state index contributed by atoms with van der Waals surface area (Å²) >= 11 is 3.42. The van der Waals surface area contributed by atoms with Crippen LogP contribution in [0.1, 0.15) is 12.0 Å². The molecule has 1 aromatic carbocycles. The van der Waals surface area contributed by atoms with Gasteiger partial charge in [0.1, 0.15) is 6.61 Å². The Balaban J connectivity index is 1.95. The first-order valence-corrected chi connectivity index (χ1v) is 8.04. The minimum atomic E-state index is 0.493. The molecule has 2 rings (SSSR count). The molecule has 0 saturated carbocycles. The van der Waals surface area contributed by atoms with Crippen molar-refractivity contribution in [2.75, 3.05) is 27.2 Å². The molecular formula is C17H21BrN2O2. The predicted octanol–water partition coefficient (Wildman–Crippen LogP) is 3.75. The molecule has 0 fully saturated rings. The highest BCUT2D eigenvalue weighted by molar-refractivity contribution is 9.10. The van der Waals surface area contributed by atoms with E-state index in [2.05, 4.69) is 25.8 Å². The van der Waals surface area contributed by atoms with Gasteiger partial charge in [-0.25, -0.2) is 4.98 Å². The number of halogens is 1. The zero-order chi connectivity index (χ0) is 15.8. The summed E-state index contributed by atoms with van der Waals surface area (Å²) < 4.78 is 12.5. The van der Waals surface area contributed by atoms with Crippen LogP contribution in [0.2, 0.25) is 0 Å². The van der Waals surface area contributed by atoms with Crippen molar-refractivity contribution in [3.8, 4) is 11.6 Å². The molecular weight excluding hydrogens is 344 g/mol. The fourth-order valence-electron chi connectivity index (χ4n) is 1.90. The van der Waals surface area contributed by atoms with Crippen molar-refractivity contribution >= 4 is 15.9 Å². The maximum Gasteiger partial charge on any atom is 0.257 e. The normalized spacial score (nSPS) is 10.7. The van der Waals surface area contributed by atoms with Crippen LogP contribution in [-0.2, 0) is 6.61 Å². The third-order valence-corrected chi connectivity index (χ3v) is 3.44. The lowest BCUT2D eigenvalue weighted by atomic mass is 10.2. The first-order chi connectivity index (χ1) is 10.6. The van der Waals surface area contributed by atoms with Crippen LogP contribution in [0.4, 0.5) is 0 Å². The monoisotopic (exact) mass is 364 g/mol. The number of nitrogens with zero attached hydrogens (tertiary/aromatic N) is 2. The van der Waals surface area contributed by atoms with Crippen molar-refractivity contribution < 1.29 is 9.47 Å². The van der Waals surface area contributed by atoms with E-state index in [-0.39, 0.29) is 0 Å². The Labute approximate surface area is 140 Å². The van der Waals surface area contributed by atoms with E-state index < -0.39 is 0 Å². The third-order valence-electron chi connectivity index (χ3n) is 3.01. The lowest BCUT2D eigenvalue weighted by Gasteiger charge is -2.13. The Morgan fingerprint density at radius 3 is 2.64 bits per heavy atom. The topological polar surface area (TPSA) is 34.6 Å². The molecule has 2 aromatic rings. The molecule has 0 amide bonds. The highest BCUT2D eigenvalue weighted by Crippen LogP contribution is 2.28. The predicted molar refractivity (Wildman–Crippen MR) is 91.4 cm³/mol. The van der Waals surface area contributed by atoms with Gasteiger partial charge in [-0.3, -0.25) is 0 Å². The van der Waals surface area contributed by atoms with Crippen LogP contribution >= 0.6 is 15.9 Å². The van der Waals surface area contributed by atoms with E-state index >= 15 is 0 Å². The number of pyridine rings is 1. The molecule has 0 radical (unpaired) electrons. The van der Waals surface area contributed by atoms with Gasteiger partial charge in [0, 0.05) is 23.3 Å². The van der Waals surface area contributed by atoms with Crippen molar-refractivity contribution in [1.82, 2.24) is 9.88 Å². The second-order valence-electron chi connectivity index (χ2n) is 5.24. The van der Waals surface area contributed by atoms with Crippen molar-refractivity contribution in [1.29, 1.82) is 0 Å². The molecule has 0 bridgehead atoms. The highest BCUT2D eigenvalue weighted by atomic mass is 79.9. The van der Waals surface area contributed by atoms with Gasteiger partial charge >= 0.3 is 0 Å².